The molecule has 66 valence electrons. The minimum atomic E-state index is 0.0612. The highest BCUT2D eigenvalue weighted by molar-refractivity contribution is 7.13. The smallest absolute Gasteiger partial charge is 0.273 e. The molecular formula is C8H11NO2S. The van der Waals surface area contributed by atoms with Crippen molar-refractivity contribution in [2.75, 3.05) is 0 Å². The Kier molecular flexibility index (Phi) is 2.28. The SMILES string of the molecule is OCc1cnc(OC2CCC2)s1. The molecule has 1 heterocycles. The summed E-state index contributed by atoms with van der Waals surface area (Å²) >= 11 is 1.43. The van der Waals surface area contributed by atoms with E-state index in [1.165, 1.54) is 17.8 Å². The van der Waals surface area contributed by atoms with Crippen molar-refractivity contribution in [2.45, 2.75) is 32.0 Å². The Hall–Kier alpha value is -0.610. The molecule has 0 atom stereocenters. The van der Waals surface area contributed by atoms with Crippen molar-refractivity contribution in [1.29, 1.82) is 0 Å². The van der Waals surface area contributed by atoms with E-state index in [-0.39, 0.29) is 6.61 Å². The van der Waals surface area contributed by atoms with Crippen molar-refractivity contribution < 1.29 is 9.84 Å². The number of ether oxygens (including phenoxy) is 1. The van der Waals surface area contributed by atoms with Gasteiger partial charge in [0, 0.05) is 6.20 Å². The normalized spacial score (nSPS) is 17.4. The number of rotatable bonds is 3. The lowest BCUT2D eigenvalue weighted by atomic mass is 9.96. The molecule has 2 rings (SSSR count). The molecule has 1 aromatic rings. The third-order valence-electron chi connectivity index (χ3n) is 2.01. The maximum absolute atomic E-state index is 8.77. The van der Waals surface area contributed by atoms with Crippen molar-refractivity contribution >= 4 is 11.3 Å². The number of aliphatic hydroxyl groups is 1. The highest BCUT2D eigenvalue weighted by Gasteiger charge is 2.20. The molecule has 1 aliphatic rings. The lowest BCUT2D eigenvalue weighted by Gasteiger charge is -2.24. The summed E-state index contributed by atoms with van der Waals surface area (Å²) in [6.07, 6.45) is 5.60. The second kappa shape index (κ2) is 3.41. The number of hydrogen-bond donors (Lipinski definition) is 1. The Bertz CT molecular complexity index is 257. The monoisotopic (exact) mass is 185 g/mol. The predicted molar refractivity (Wildman–Crippen MR) is 46.3 cm³/mol. The molecule has 0 aromatic carbocycles. The van der Waals surface area contributed by atoms with Gasteiger partial charge in [0.2, 0.25) is 0 Å². The highest BCUT2D eigenvalue weighted by Crippen LogP contribution is 2.28. The number of hydrogen-bond acceptors (Lipinski definition) is 4. The van der Waals surface area contributed by atoms with Crippen LogP contribution >= 0.6 is 11.3 Å². The first-order valence-electron chi connectivity index (χ1n) is 4.10. The minimum Gasteiger partial charge on any atom is -0.467 e. The van der Waals surface area contributed by atoms with Gasteiger partial charge >= 0.3 is 0 Å². The molecule has 0 radical (unpaired) electrons. The second-order valence-corrected chi connectivity index (χ2v) is 4.00. The van der Waals surface area contributed by atoms with E-state index in [2.05, 4.69) is 4.98 Å². The van der Waals surface area contributed by atoms with Crippen LogP contribution in [0.3, 0.4) is 0 Å². The van der Waals surface area contributed by atoms with Gasteiger partial charge < -0.3 is 9.84 Å². The Morgan fingerprint density at radius 3 is 3.00 bits per heavy atom. The van der Waals surface area contributed by atoms with Crippen LogP contribution in [0, 0.1) is 0 Å². The largest absolute Gasteiger partial charge is 0.467 e. The molecule has 0 bridgehead atoms. The average Bonchev–Trinajstić information content (AvgIpc) is 2.44. The van der Waals surface area contributed by atoms with Crippen molar-refractivity contribution in [3.8, 4) is 5.19 Å². The standard InChI is InChI=1S/C8H11NO2S/c10-5-7-4-9-8(12-7)11-6-2-1-3-6/h4,6,10H,1-3,5H2. The summed E-state index contributed by atoms with van der Waals surface area (Å²) in [5.41, 5.74) is 0. The Balaban J connectivity index is 1.93. The Labute approximate surface area is 75.0 Å². The molecule has 0 saturated heterocycles. The fourth-order valence-corrected chi connectivity index (χ4v) is 1.73. The lowest BCUT2D eigenvalue weighted by molar-refractivity contribution is 0.120. The van der Waals surface area contributed by atoms with Gasteiger partial charge in [-0.2, -0.15) is 0 Å². The second-order valence-electron chi connectivity index (χ2n) is 2.92. The van der Waals surface area contributed by atoms with Gasteiger partial charge in [0.25, 0.3) is 5.19 Å². The summed E-state index contributed by atoms with van der Waals surface area (Å²) < 4.78 is 5.53. The fraction of sp³-hybridized carbons (Fsp3) is 0.625. The van der Waals surface area contributed by atoms with E-state index in [0.717, 1.165) is 17.7 Å². The highest BCUT2D eigenvalue weighted by atomic mass is 32.1. The van der Waals surface area contributed by atoms with Crippen molar-refractivity contribution in [3.05, 3.63) is 11.1 Å². The Morgan fingerprint density at radius 2 is 2.50 bits per heavy atom. The molecule has 1 fully saturated rings. The van der Waals surface area contributed by atoms with Crippen LogP contribution in [0.15, 0.2) is 6.20 Å². The van der Waals surface area contributed by atoms with Gasteiger partial charge in [-0.1, -0.05) is 11.3 Å². The predicted octanol–water partition coefficient (Wildman–Crippen LogP) is 1.57. The topological polar surface area (TPSA) is 42.4 Å². The third kappa shape index (κ3) is 1.59. The van der Waals surface area contributed by atoms with Crippen LogP contribution in [0.1, 0.15) is 24.1 Å². The van der Waals surface area contributed by atoms with E-state index in [4.69, 9.17) is 9.84 Å². The van der Waals surface area contributed by atoms with E-state index in [9.17, 15) is 0 Å². The average molecular weight is 185 g/mol. The molecular weight excluding hydrogens is 174 g/mol. The van der Waals surface area contributed by atoms with Crippen LogP contribution < -0.4 is 4.74 Å². The van der Waals surface area contributed by atoms with Gasteiger partial charge in [0.15, 0.2) is 0 Å². The zero-order valence-electron chi connectivity index (χ0n) is 6.69. The fourth-order valence-electron chi connectivity index (χ4n) is 1.05. The van der Waals surface area contributed by atoms with Crippen LogP contribution in [0.2, 0.25) is 0 Å². The van der Waals surface area contributed by atoms with Crippen molar-refractivity contribution in [1.82, 2.24) is 4.98 Å². The summed E-state index contributed by atoms with van der Waals surface area (Å²) in [6, 6.07) is 0. The number of aliphatic hydroxyl groups excluding tert-OH is 1. The van der Waals surface area contributed by atoms with E-state index in [0.29, 0.717) is 11.3 Å². The lowest BCUT2D eigenvalue weighted by Crippen LogP contribution is -2.24. The van der Waals surface area contributed by atoms with E-state index < -0.39 is 0 Å². The number of thiazole rings is 1. The molecule has 0 unspecified atom stereocenters. The van der Waals surface area contributed by atoms with E-state index in [1.807, 2.05) is 0 Å². The maximum atomic E-state index is 8.77. The Morgan fingerprint density at radius 1 is 1.67 bits per heavy atom. The quantitative estimate of drug-likeness (QED) is 0.777. The molecule has 1 saturated carbocycles. The van der Waals surface area contributed by atoms with E-state index >= 15 is 0 Å². The molecule has 0 spiro atoms. The summed E-state index contributed by atoms with van der Waals surface area (Å²) in [6.45, 7) is 0.0612. The summed E-state index contributed by atoms with van der Waals surface area (Å²) in [7, 11) is 0. The van der Waals surface area contributed by atoms with E-state index in [1.54, 1.807) is 6.20 Å². The molecule has 0 amide bonds. The maximum Gasteiger partial charge on any atom is 0.273 e. The van der Waals surface area contributed by atoms with Gasteiger partial charge in [-0.25, -0.2) is 4.98 Å². The van der Waals surface area contributed by atoms with Crippen molar-refractivity contribution in [2.24, 2.45) is 0 Å². The molecule has 1 aromatic heterocycles. The van der Waals surface area contributed by atoms with Crippen LogP contribution in [0.4, 0.5) is 0 Å². The number of nitrogens with zero attached hydrogens (tertiary/aromatic N) is 1. The summed E-state index contributed by atoms with van der Waals surface area (Å²) in [5, 5.41) is 9.47. The first kappa shape index (κ1) is 8.01. The van der Waals surface area contributed by atoms with Crippen LogP contribution in [0.5, 0.6) is 5.19 Å². The summed E-state index contributed by atoms with van der Waals surface area (Å²) in [5.74, 6) is 0. The minimum absolute atomic E-state index is 0.0612. The zero-order valence-corrected chi connectivity index (χ0v) is 7.51. The van der Waals surface area contributed by atoms with Gasteiger partial charge in [-0.3, -0.25) is 0 Å². The molecule has 3 nitrogen and oxygen atoms in total. The van der Waals surface area contributed by atoms with Gasteiger partial charge in [0.1, 0.15) is 6.10 Å². The van der Waals surface area contributed by atoms with Crippen LogP contribution in [-0.2, 0) is 6.61 Å². The molecule has 0 aliphatic heterocycles. The van der Waals surface area contributed by atoms with Gasteiger partial charge in [0.05, 0.1) is 11.5 Å². The van der Waals surface area contributed by atoms with Gasteiger partial charge in [-0.05, 0) is 19.3 Å². The van der Waals surface area contributed by atoms with Gasteiger partial charge in [-0.15, -0.1) is 0 Å². The molecule has 12 heavy (non-hydrogen) atoms. The molecule has 1 N–H and O–H groups in total. The van der Waals surface area contributed by atoms with Crippen LogP contribution in [0.25, 0.3) is 0 Å². The van der Waals surface area contributed by atoms with Crippen molar-refractivity contribution in [3.63, 3.8) is 0 Å². The summed E-state index contributed by atoms with van der Waals surface area (Å²) in [4.78, 5) is 4.91. The molecule has 1 aliphatic carbocycles. The first-order chi connectivity index (χ1) is 5.88. The third-order valence-corrected chi connectivity index (χ3v) is 2.88. The zero-order chi connectivity index (χ0) is 8.39. The first-order valence-corrected chi connectivity index (χ1v) is 4.92. The molecule has 4 heteroatoms. The van der Waals surface area contributed by atoms with Crippen LogP contribution in [-0.4, -0.2) is 16.2 Å². The number of aromatic nitrogens is 1.